The first-order valence-corrected chi connectivity index (χ1v) is 18.1. The average Bonchev–Trinajstić information content (AvgIpc) is 3.61. The highest BCUT2D eigenvalue weighted by Crippen LogP contribution is 2.45. The van der Waals surface area contributed by atoms with Gasteiger partial charge >= 0.3 is 0 Å². The van der Waals surface area contributed by atoms with Crippen LogP contribution in [0.4, 0.5) is 5.69 Å². The average molecular weight is 599 g/mol. The molecule has 5 atom stereocenters. The number of aliphatic hydroxyl groups excluding tert-OH is 1. The van der Waals surface area contributed by atoms with Crippen LogP contribution >= 0.6 is 0 Å². The summed E-state index contributed by atoms with van der Waals surface area (Å²) in [7, 11) is -2.50. The topological polar surface area (TPSA) is 110 Å². The second-order valence-electron chi connectivity index (χ2n) is 12.1. The fourth-order valence-corrected chi connectivity index (χ4v) is 9.09. The van der Waals surface area contributed by atoms with Crippen molar-refractivity contribution in [1.29, 1.82) is 0 Å². The smallest absolute Gasteiger partial charge is 0.255 e. The minimum absolute atomic E-state index is 0.0366. The molecule has 0 spiro atoms. The lowest BCUT2D eigenvalue weighted by Crippen LogP contribution is -2.40. The number of aliphatic hydroxyl groups is 1. The molecule has 226 valence electrons. The lowest BCUT2D eigenvalue weighted by molar-refractivity contribution is 0.0245. The minimum atomic E-state index is -2.50. The molecule has 1 aliphatic rings. The fraction of sp³-hybridized carbons (Fsp3) is 0.382. The van der Waals surface area contributed by atoms with Crippen LogP contribution in [0.25, 0.3) is 0 Å². The summed E-state index contributed by atoms with van der Waals surface area (Å²) in [6.07, 6.45) is 4.34. The monoisotopic (exact) mass is 598 g/mol. The number of hydrogen-bond acceptors (Lipinski definition) is 6. The molecule has 0 radical (unpaired) electrons. The zero-order valence-corrected chi connectivity index (χ0v) is 26.1. The molecule has 43 heavy (non-hydrogen) atoms. The molecule has 1 aliphatic heterocycles. The van der Waals surface area contributed by atoms with Gasteiger partial charge in [-0.1, -0.05) is 72.8 Å². The van der Waals surface area contributed by atoms with Crippen molar-refractivity contribution in [1.82, 2.24) is 15.0 Å². The number of hydrogen-bond donors (Lipinski definition) is 3. The number of amides is 1. The van der Waals surface area contributed by atoms with Crippen molar-refractivity contribution in [3.63, 3.8) is 0 Å². The first kappa shape index (κ1) is 30.8. The second-order valence-corrected chi connectivity index (χ2v) is 16.1. The molecule has 1 fully saturated rings. The molecule has 1 amide bonds. The molecular weight excluding hydrogens is 556 g/mol. The van der Waals surface area contributed by atoms with Gasteiger partial charge in [0.15, 0.2) is 8.32 Å². The number of ether oxygens (including phenoxy) is 1. The van der Waals surface area contributed by atoms with E-state index in [1.807, 2.05) is 84.6 Å². The number of benzene rings is 3. The maximum atomic E-state index is 12.5. The number of nitrogens with one attached hydrogen (secondary N) is 1. The molecule has 1 unspecified atom stereocenters. The number of carbonyl (C=O) groups is 1. The summed E-state index contributed by atoms with van der Waals surface area (Å²) in [4.78, 5) is 23.7. The normalized spacial score (nSPS) is 21.0. The highest BCUT2D eigenvalue weighted by atomic mass is 28.4. The highest BCUT2D eigenvalue weighted by molar-refractivity contribution is 6.71. The molecule has 8 nitrogen and oxygen atoms in total. The molecule has 1 saturated heterocycles. The third-order valence-corrected chi connectivity index (χ3v) is 11.2. The van der Waals surface area contributed by atoms with E-state index in [1.54, 1.807) is 12.1 Å². The molecule has 5 rings (SSSR count). The van der Waals surface area contributed by atoms with Gasteiger partial charge in [0.1, 0.15) is 0 Å². The van der Waals surface area contributed by atoms with Gasteiger partial charge < -0.3 is 20.0 Å². The summed E-state index contributed by atoms with van der Waals surface area (Å²) in [5.41, 5.74) is 4.44. The van der Waals surface area contributed by atoms with E-state index in [2.05, 4.69) is 34.7 Å². The number of anilines is 1. The van der Waals surface area contributed by atoms with Crippen LogP contribution in [0.2, 0.25) is 18.6 Å². The van der Waals surface area contributed by atoms with Crippen LogP contribution in [-0.2, 0) is 17.7 Å². The van der Waals surface area contributed by atoms with Gasteiger partial charge in [0.05, 0.1) is 30.4 Å². The quantitative estimate of drug-likeness (QED) is 0.182. The van der Waals surface area contributed by atoms with E-state index in [1.165, 1.54) is 5.56 Å². The van der Waals surface area contributed by atoms with Gasteiger partial charge in [0, 0.05) is 29.5 Å². The van der Waals surface area contributed by atoms with Crippen molar-refractivity contribution in [3.8, 4) is 0 Å². The maximum Gasteiger partial charge on any atom is 0.255 e. The summed E-state index contributed by atoms with van der Waals surface area (Å²) < 4.78 is 8.47. The van der Waals surface area contributed by atoms with Gasteiger partial charge in [-0.25, -0.2) is 0 Å². The van der Waals surface area contributed by atoms with Gasteiger partial charge in [-0.3, -0.25) is 9.48 Å². The molecule has 0 saturated carbocycles. The molecule has 2 heterocycles. The number of rotatable bonds is 12. The highest BCUT2D eigenvalue weighted by Gasteiger charge is 2.49. The standard InChI is InChI=1S/C34H42N4O4Si/c1-24-31(19-16-25-14-17-28(18-15-25)35-34(40)27-12-8-5-9-13-27)42-32(33(24)43(2,3)41)20-21-38-22-30(36-37-38)29(23-39)26-10-6-4-7-11-26/h4-15,17-18,22,24,29,31-33,39,41H,16,19-21,23H2,1-3H3,(H,35,40)/t24-,29?,31+,32-,33+/m0/s1. The summed E-state index contributed by atoms with van der Waals surface area (Å²) in [5, 5.41) is 21.7. The number of nitrogens with zero attached hydrogens (tertiary/aromatic N) is 3. The Balaban J connectivity index is 1.17. The SMILES string of the molecule is C[C@@H]1[C@@H]([Si](C)(C)O)[C@H](CCn2cc(C(CO)c3ccccc3)nn2)O[C@@H]1CCc1ccc(NC(=O)c2ccccc2)cc1. The Morgan fingerprint density at radius 2 is 1.65 bits per heavy atom. The predicted octanol–water partition coefficient (Wildman–Crippen LogP) is 5.65. The van der Waals surface area contributed by atoms with Crippen LogP contribution < -0.4 is 5.32 Å². The molecule has 1 aromatic heterocycles. The van der Waals surface area contributed by atoms with E-state index in [0.29, 0.717) is 12.1 Å². The molecule has 0 bridgehead atoms. The number of carbonyl (C=O) groups excluding carboxylic acids is 1. The Hall–Kier alpha value is -3.63. The summed E-state index contributed by atoms with van der Waals surface area (Å²) in [5.74, 6) is -0.0991. The first-order valence-electron chi connectivity index (χ1n) is 15.1. The molecule has 0 aliphatic carbocycles. The van der Waals surface area contributed by atoms with Crippen molar-refractivity contribution >= 4 is 19.9 Å². The van der Waals surface area contributed by atoms with E-state index < -0.39 is 8.32 Å². The van der Waals surface area contributed by atoms with Crippen LogP contribution in [0.1, 0.15) is 52.9 Å². The zero-order valence-electron chi connectivity index (χ0n) is 25.1. The lowest BCUT2D eigenvalue weighted by atomic mass is 9.95. The number of aromatic nitrogens is 3. The van der Waals surface area contributed by atoms with Crippen LogP contribution in [0.5, 0.6) is 0 Å². The van der Waals surface area contributed by atoms with E-state index in [4.69, 9.17) is 4.74 Å². The largest absolute Gasteiger partial charge is 0.432 e. The fourth-order valence-electron chi connectivity index (χ4n) is 6.43. The molecule has 4 aromatic rings. The van der Waals surface area contributed by atoms with E-state index >= 15 is 0 Å². The van der Waals surface area contributed by atoms with E-state index in [-0.39, 0.29) is 42.1 Å². The summed E-state index contributed by atoms with van der Waals surface area (Å²) in [6.45, 7) is 6.82. The van der Waals surface area contributed by atoms with Gasteiger partial charge in [-0.05, 0) is 73.7 Å². The maximum absolute atomic E-state index is 12.5. The van der Waals surface area contributed by atoms with Gasteiger partial charge in [-0.15, -0.1) is 5.10 Å². The van der Waals surface area contributed by atoms with E-state index in [9.17, 15) is 14.7 Å². The van der Waals surface area contributed by atoms with Crippen LogP contribution in [0.15, 0.2) is 91.1 Å². The van der Waals surface area contributed by atoms with Crippen LogP contribution in [-0.4, -0.2) is 57.9 Å². The van der Waals surface area contributed by atoms with Crippen LogP contribution in [0.3, 0.4) is 0 Å². The third kappa shape index (κ3) is 7.66. The van der Waals surface area contributed by atoms with E-state index in [0.717, 1.165) is 36.2 Å². The van der Waals surface area contributed by atoms with Gasteiger partial charge in [-0.2, -0.15) is 0 Å². The number of aryl methyl sites for hydroxylation is 2. The Morgan fingerprint density at radius 1 is 0.977 bits per heavy atom. The Labute approximate surface area is 254 Å². The molecule has 9 heteroatoms. The molecule has 3 aromatic carbocycles. The van der Waals surface area contributed by atoms with Gasteiger partial charge in [0.25, 0.3) is 5.91 Å². The van der Waals surface area contributed by atoms with Crippen molar-refractivity contribution < 1.29 is 19.4 Å². The Kier molecular flexibility index (Phi) is 9.87. The van der Waals surface area contributed by atoms with Crippen molar-refractivity contribution in [2.75, 3.05) is 11.9 Å². The van der Waals surface area contributed by atoms with Gasteiger partial charge in [0.2, 0.25) is 0 Å². The first-order chi connectivity index (χ1) is 20.7. The van der Waals surface area contributed by atoms with Crippen molar-refractivity contribution in [3.05, 3.63) is 114 Å². The minimum Gasteiger partial charge on any atom is -0.432 e. The molecule has 3 N–H and O–H groups in total. The van der Waals surface area contributed by atoms with Crippen molar-refractivity contribution in [2.45, 2.75) is 69.5 Å². The summed E-state index contributed by atoms with van der Waals surface area (Å²) >= 11 is 0. The zero-order chi connectivity index (χ0) is 30.4. The van der Waals surface area contributed by atoms with Crippen molar-refractivity contribution in [2.24, 2.45) is 5.92 Å². The van der Waals surface area contributed by atoms with Crippen LogP contribution in [0, 0.1) is 5.92 Å². The Bertz CT molecular complexity index is 1460. The predicted molar refractivity (Wildman–Crippen MR) is 170 cm³/mol. The third-order valence-electron chi connectivity index (χ3n) is 8.62. The summed E-state index contributed by atoms with van der Waals surface area (Å²) in [6, 6.07) is 27.0. The lowest BCUT2D eigenvalue weighted by Gasteiger charge is -2.30. The Morgan fingerprint density at radius 3 is 2.30 bits per heavy atom. The molecular formula is C34H42N4O4Si. The second kappa shape index (κ2) is 13.8.